The molecule has 1 amide bonds. The summed E-state index contributed by atoms with van der Waals surface area (Å²) in [6.07, 6.45) is 0.213. The standard InChI is InChI=1S/C22H34N2O6/c1-5-11-28-19(25)18(13-30-21(2,3)4)24-22(15-27-16-22)14-23-20(26)29-12-17-9-7-6-8-10-17/h6-10,18,24H,5,11-16H2,1-4H3,(H,23,26)/t18-/m0/s1. The van der Waals surface area contributed by atoms with Gasteiger partial charge in [0.05, 0.1) is 37.6 Å². The Morgan fingerprint density at radius 1 is 1.17 bits per heavy atom. The summed E-state index contributed by atoms with van der Waals surface area (Å²) in [6, 6.07) is 8.79. The maximum atomic E-state index is 12.5. The second-order valence-corrected chi connectivity index (χ2v) is 8.48. The van der Waals surface area contributed by atoms with E-state index in [1.807, 2.05) is 58.0 Å². The molecule has 2 rings (SSSR count). The molecule has 1 heterocycles. The summed E-state index contributed by atoms with van der Waals surface area (Å²) in [7, 11) is 0. The van der Waals surface area contributed by atoms with Crippen LogP contribution < -0.4 is 10.6 Å². The van der Waals surface area contributed by atoms with Gasteiger partial charge in [0, 0.05) is 6.54 Å². The van der Waals surface area contributed by atoms with E-state index in [-0.39, 0.29) is 25.7 Å². The first-order chi connectivity index (χ1) is 14.2. The third-order valence-electron chi connectivity index (χ3n) is 4.44. The molecule has 8 nitrogen and oxygen atoms in total. The lowest BCUT2D eigenvalue weighted by molar-refractivity contribution is -0.154. The summed E-state index contributed by atoms with van der Waals surface area (Å²) >= 11 is 0. The van der Waals surface area contributed by atoms with Crippen molar-refractivity contribution in [1.82, 2.24) is 10.6 Å². The molecular weight excluding hydrogens is 388 g/mol. The highest BCUT2D eigenvalue weighted by Crippen LogP contribution is 2.18. The zero-order valence-electron chi connectivity index (χ0n) is 18.4. The van der Waals surface area contributed by atoms with Gasteiger partial charge in [-0.1, -0.05) is 37.3 Å². The van der Waals surface area contributed by atoms with Gasteiger partial charge in [-0.25, -0.2) is 4.79 Å². The molecule has 1 fully saturated rings. The van der Waals surface area contributed by atoms with Crippen molar-refractivity contribution in [1.29, 1.82) is 0 Å². The van der Waals surface area contributed by atoms with Gasteiger partial charge >= 0.3 is 12.1 Å². The fraction of sp³-hybridized carbons (Fsp3) is 0.636. The molecule has 0 aliphatic carbocycles. The van der Waals surface area contributed by atoms with Crippen LogP contribution >= 0.6 is 0 Å². The number of amides is 1. The number of hydrogen-bond acceptors (Lipinski definition) is 7. The SMILES string of the molecule is CCCOC(=O)[C@H](COC(C)(C)C)NC1(CNC(=O)OCc2ccccc2)COC1. The largest absolute Gasteiger partial charge is 0.464 e. The molecule has 0 aromatic heterocycles. The summed E-state index contributed by atoms with van der Waals surface area (Å²) in [5.74, 6) is -0.376. The third kappa shape index (κ3) is 8.30. The van der Waals surface area contributed by atoms with E-state index < -0.39 is 23.3 Å². The highest BCUT2D eigenvalue weighted by atomic mass is 16.6. The van der Waals surface area contributed by atoms with E-state index in [1.165, 1.54) is 0 Å². The van der Waals surface area contributed by atoms with Gasteiger partial charge in [0.15, 0.2) is 0 Å². The lowest BCUT2D eigenvalue weighted by Gasteiger charge is -2.44. The Labute approximate surface area is 178 Å². The van der Waals surface area contributed by atoms with Crippen LogP contribution in [0.4, 0.5) is 4.79 Å². The summed E-state index contributed by atoms with van der Waals surface area (Å²) in [6.45, 7) is 9.39. The van der Waals surface area contributed by atoms with Crippen molar-refractivity contribution in [2.75, 3.05) is 33.0 Å². The summed E-state index contributed by atoms with van der Waals surface area (Å²) in [4.78, 5) is 24.6. The summed E-state index contributed by atoms with van der Waals surface area (Å²) in [5, 5.41) is 6.04. The predicted octanol–water partition coefficient (Wildman–Crippen LogP) is 2.41. The zero-order chi connectivity index (χ0) is 22.0. The van der Waals surface area contributed by atoms with Crippen LogP contribution in [-0.4, -0.2) is 62.2 Å². The van der Waals surface area contributed by atoms with E-state index in [1.54, 1.807) is 0 Å². The lowest BCUT2D eigenvalue weighted by Crippen LogP contribution is -2.70. The summed E-state index contributed by atoms with van der Waals surface area (Å²) in [5.41, 5.74) is -0.0676. The quantitative estimate of drug-likeness (QED) is 0.529. The summed E-state index contributed by atoms with van der Waals surface area (Å²) < 4.78 is 21.7. The molecule has 0 saturated carbocycles. The molecule has 0 spiro atoms. The fourth-order valence-electron chi connectivity index (χ4n) is 2.78. The van der Waals surface area contributed by atoms with Crippen LogP contribution in [0, 0.1) is 0 Å². The van der Waals surface area contributed by atoms with Crippen molar-refractivity contribution in [3.8, 4) is 0 Å². The molecule has 1 aromatic carbocycles. The van der Waals surface area contributed by atoms with Crippen LogP contribution in [0.25, 0.3) is 0 Å². The molecule has 168 valence electrons. The molecule has 30 heavy (non-hydrogen) atoms. The van der Waals surface area contributed by atoms with Crippen molar-refractivity contribution in [3.63, 3.8) is 0 Å². The molecule has 1 aliphatic heterocycles. The van der Waals surface area contributed by atoms with Crippen LogP contribution in [0.5, 0.6) is 0 Å². The minimum atomic E-state index is -0.665. The number of ether oxygens (including phenoxy) is 4. The minimum absolute atomic E-state index is 0.159. The van der Waals surface area contributed by atoms with E-state index in [9.17, 15) is 9.59 Å². The van der Waals surface area contributed by atoms with Gasteiger partial charge in [-0.15, -0.1) is 0 Å². The predicted molar refractivity (Wildman–Crippen MR) is 112 cm³/mol. The molecule has 0 unspecified atom stereocenters. The second kappa shape index (κ2) is 11.3. The van der Waals surface area contributed by atoms with Gasteiger partial charge < -0.3 is 24.3 Å². The Hall–Kier alpha value is -2.16. The zero-order valence-corrected chi connectivity index (χ0v) is 18.4. The molecule has 1 aromatic rings. The van der Waals surface area contributed by atoms with Gasteiger partial charge in [-0.2, -0.15) is 0 Å². The van der Waals surface area contributed by atoms with Crippen LogP contribution in [0.3, 0.4) is 0 Å². The van der Waals surface area contributed by atoms with Crippen molar-refractivity contribution < 1.29 is 28.5 Å². The van der Waals surface area contributed by atoms with Gasteiger partial charge in [0.25, 0.3) is 0 Å². The average Bonchev–Trinajstić information content (AvgIpc) is 2.68. The Morgan fingerprint density at radius 2 is 1.87 bits per heavy atom. The van der Waals surface area contributed by atoms with Crippen LogP contribution in [-0.2, 0) is 30.3 Å². The number of esters is 1. The number of hydrogen-bond donors (Lipinski definition) is 2. The number of alkyl carbamates (subject to hydrolysis) is 1. The van der Waals surface area contributed by atoms with E-state index in [0.29, 0.717) is 19.8 Å². The van der Waals surface area contributed by atoms with E-state index >= 15 is 0 Å². The maximum absolute atomic E-state index is 12.5. The maximum Gasteiger partial charge on any atom is 0.407 e. The van der Waals surface area contributed by atoms with E-state index in [0.717, 1.165) is 12.0 Å². The van der Waals surface area contributed by atoms with Crippen molar-refractivity contribution >= 4 is 12.1 Å². The molecular formula is C22H34N2O6. The van der Waals surface area contributed by atoms with Crippen molar-refractivity contribution in [3.05, 3.63) is 35.9 Å². The smallest absolute Gasteiger partial charge is 0.407 e. The Kier molecular flexibility index (Phi) is 9.08. The monoisotopic (exact) mass is 422 g/mol. The number of nitrogens with one attached hydrogen (secondary N) is 2. The van der Waals surface area contributed by atoms with Crippen molar-refractivity contribution in [2.45, 2.75) is 57.9 Å². The lowest BCUT2D eigenvalue weighted by atomic mass is 9.96. The van der Waals surface area contributed by atoms with Gasteiger partial charge in [-0.05, 0) is 32.8 Å². The topological polar surface area (TPSA) is 95.1 Å². The van der Waals surface area contributed by atoms with E-state index in [2.05, 4.69) is 10.6 Å². The average molecular weight is 423 g/mol. The highest BCUT2D eigenvalue weighted by molar-refractivity contribution is 5.76. The fourth-order valence-corrected chi connectivity index (χ4v) is 2.78. The Morgan fingerprint density at radius 3 is 2.43 bits per heavy atom. The first kappa shape index (κ1) is 24.1. The molecule has 8 heteroatoms. The number of benzene rings is 1. The van der Waals surface area contributed by atoms with Gasteiger partial charge in [-0.3, -0.25) is 10.1 Å². The van der Waals surface area contributed by atoms with Crippen LogP contribution in [0.2, 0.25) is 0 Å². The van der Waals surface area contributed by atoms with Gasteiger partial charge in [0.1, 0.15) is 12.6 Å². The molecule has 1 atom stereocenters. The minimum Gasteiger partial charge on any atom is -0.464 e. The van der Waals surface area contributed by atoms with Crippen molar-refractivity contribution in [2.24, 2.45) is 0 Å². The van der Waals surface area contributed by atoms with Crippen LogP contribution in [0.15, 0.2) is 30.3 Å². The third-order valence-corrected chi connectivity index (χ3v) is 4.44. The van der Waals surface area contributed by atoms with Gasteiger partial charge in [0.2, 0.25) is 0 Å². The molecule has 0 bridgehead atoms. The first-order valence-corrected chi connectivity index (χ1v) is 10.3. The van der Waals surface area contributed by atoms with Crippen LogP contribution in [0.1, 0.15) is 39.7 Å². The molecule has 0 radical (unpaired) electrons. The first-order valence-electron chi connectivity index (χ1n) is 10.3. The highest BCUT2D eigenvalue weighted by Gasteiger charge is 2.42. The molecule has 2 N–H and O–H groups in total. The Bertz CT molecular complexity index is 670. The molecule has 1 saturated heterocycles. The van der Waals surface area contributed by atoms with E-state index in [4.69, 9.17) is 18.9 Å². The molecule has 1 aliphatic rings. The number of rotatable bonds is 11. The number of carbonyl (C=O) groups is 2. The normalized spacial score (nSPS) is 16.3. The second-order valence-electron chi connectivity index (χ2n) is 8.48. The Balaban J connectivity index is 1.89. The number of carbonyl (C=O) groups excluding carboxylic acids is 2.